The summed E-state index contributed by atoms with van der Waals surface area (Å²) in [6.07, 6.45) is 3.46. The molecule has 0 radical (unpaired) electrons. The molecular weight excluding hydrogens is 296 g/mol. The van der Waals surface area contributed by atoms with Crippen LogP contribution >= 0.6 is 11.6 Å². The molecule has 0 atom stereocenters. The van der Waals surface area contributed by atoms with Crippen LogP contribution in [0.5, 0.6) is 0 Å². The van der Waals surface area contributed by atoms with Gasteiger partial charge in [0.05, 0.1) is 0 Å². The van der Waals surface area contributed by atoms with E-state index in [0.717, 1.165) is 6.42 Å². The molecule has 1 aliphatic rings. The van der Waals surface area contributed by atoms with Crippen molar-refractivity contribution in [2.75, 3.05) is 6.54 Å². The molecule has 3 rings (SSSR count). The molecular formula is C18H21ClN2O. The maximum Gasteiger partial charge on any atom is 0.251 e. The molecule has 1 heterocycles. The van der Waals surface area contributed by atoms with Gasteiger partial charge in [-0.15, -0.1) is 0 Å². The molecule has 1 fully saturated rings. The molecule has 0 unspecified atom stereocenters. The Balaban J connectivity index is 1.58. The summed E-state index contributed by atoms with van der Waals surface area (Å²) in [4.78, 5) is 12.1. The Morgan fingerprint density at radius 2 is 1.95 bits per heavy atom. The second-order valence-electron chi connectivity index (χ2n) is 6.01. The fraction of sp³-hybridized carbons (Fsp3) is 0.389. The lowest BCUT2D eigenvalue weighted by molar-refractivity contribution is 0.0954. The van der Waals surface area contributed by atoms with E-state index in [4.69, 9.17) is 11.6 Å². The quantitative estimate of drug-likeness (QED) is 0.886. The van der Waals surface area contributed by atoms with Crippen LogP contribution in [-0.2, 0) is 6.42 Å². The molecule has 4 heteroatoms. The third-order valence-electron chi connectivity index (χ3n) is 4.29. The number of hydrogen-bond donors (Lipinski definition) is 1. The van der Waals surface area contributed by atoms with Crippen molar-refractivity contribution in [1.82, 2.24) is 9.88 Å². The number of nitrogens with zero attached hydrogens (tertiary/aromatic N) is 1. The first-order valence-corrected chi connectivity index (χ1v) is 8.15. The van der Waals surface area contributed by atoms with Crippen LogP contribution in [0.25, 0.3) is 0 Å². The number of aryl methyl sites for hydroxylation is 1. The second-order valence-corrected chi connectivity index (χ2v) is 6.45. The summed E-state index contributed by atoms with van der Waals surface area (Å²) in [5.41, 5.74) is 4.66. The lowest BCUT2D eigenvalue weighted by atomic mass is 10.1. The fourth-order valence-corrected chi connectivity index (χ4v) is 3.13. The molecule has 1 aliphatic carbocycles. The van der Waals surface area contributed by atoms with Crippen LogP contribution in [0.3, 0.4) is 0 Å². The number of carbonyl (C=O) groups excluding carboxylic acids is 1. The molecule has 0 aliphatic heterocycles. The smallest absolute Gasteiger partial charge is 0.251 e. The number of amides is 1. The molecule has 22 heavy (non-hydrogen) atoms. The lowest BCUT2D eigenvalue weighted by Gasteiger charge is -2.08. The van der Waals surface area contributed by atoms with Crippen molar-refractivity contribution in [3.63, 3.8) is 0 Å². The third-order valence-corrected chi connectivity index (χ3v) is 4.54. The van der Waals surface area contributed by atoms with E-state index in [-0.39, 0.29) is 5.91 Å². The van der Waals surface area contributed by atoms with Crippen molar-refractivity contribution in [3.05, 3.63) is 57.9 Å². The molecule has 1 N–H and O–H groups in total. The molecule has 2 aromatic rings. The molecule has 0 saturated heterocycles. The van der Waals surface area contributed by atoms with Gasteiger partial charge in [-0.05, 0) is 69.0 Å². The maximum absolute atomic E-state index is 12.1. The number of carbonyl (C=O) groups is 1. The predicted molar refractivity (Wildman–Crippen MR) is 89.7 cm³/mol. The standard InChI is InChI=1S/C18H21ClN2O/c1-12-11-15(13(2)21(12)17-7-8-17)9-10-20-18(22)14-3-5-16(19)6-4-14/h3-6,11,17H,7-10H2,1-2H3,(H,20,22). The van der Waals surface area contributed by atoms with Gasteiger partial charge < -0.3 is 9.88 Å². The molecule has 116 valence electrons. The highest BCUT2D eigenvalue weighted by atomic mass is 35.5. The van der Waals surface area contributed by atoms with Crippen LogP contribution in [0.2, 0.25) is 5.02 Å². The Bertz CT molecular complexity index is 684. The minimum atomic E-state index is -0.0485. The largest absolute Gasteiger partial charge is 0.352 e. The number of nitrogens with one attached hydrogen (secondary N) is 1. The molecule has 1 aromatic heterocycles. The highest BCUT2D eigenvalue weighted by molar-refractivity contribution is 6.30. The van der Waals surface area contributed by atoms with Gasteiger partial charge in [-0.25, -0.2) is 0 Å². The number of halogens is 1. The number of aromatic nitrogens is 1. The summed E-state index contributed by atoms with van der Waals surface area (Å²) in [7, 11) is 0. The second kappa shape index (κ2) is 6.17. The van der Waals surface area contributed by atoms with Gasteiger partial charge in [-0.2, -0.15) is 0 Å². The monoisotopic (exact) mass is 316 g/mol. The van der Waals surface area contributed by atoms with E-state index in [1.54, 1.807) is 24.3 Å². The van der Waals surface area contributed by atoms with Crippen molar-refractivity contribution in [2.45, 2.75) is 39.2 Å². The van der Waals surface area contributed by atoms with E-state index < -0.39 is 0 Å². The van der Waals surface area contributed by atoms with E-state index in [0.29, 0.717) is 23.2 Å². The first-order valence-electron chi connectivity index (χ1n) is 7.77. The normalized spacial score (nSPS) is 14.1. The summed E-state index contributed by atoms with van der Waals surface area (Å²) in [6.45, 7) is 5.00. The maximum atomic E-state index is 12.1. The summed E-state index contributed by atoms with van der Waals surface area (Å²) in [6, 6.07) is 9.92. The summed E-state index contributed by atoms with van der Waals surface area (Å²) in [5, 5.41) is 3.62. The van der Waals surface area contributed by atoms with Crippen LogP contribution < -0.4 is 5.32 Å². The van der Waals surface area contributed by atoms with Gasteiger partial charge in [0, 0.05) is 34.6 Å². The van der Waals surface area contributed by atoms with Crippen molar-refractivity contribution < 1.29 is 4.79 Å². The molecule has 0 bridgehead atoms. The van der Waals surface area contributed by atoms with Crippen LogP contribution in [0.4, 0.5) is 0 Å². The Hall–Kier alpha value is -1.74. The highest BCUT2D eigenvalue weighted by Crippen LogP contribution is 2.38. The van der Waals surface area contributed by atoms with Gasteiger partial charge in [0.2, 0.25) is 0 Å². The summed E-state index contributed by atoms with van der Waals surface area (Å²) < 4.78 is 2.44. The van der Waals surface area contributed by atoms with Crippen molar-refractivity contribution in [3.8, 4) is 0 Å². The zero-order valence-electron chi connectivity index (χ0n) is 13.0. The van der Waals surface area contributed by atoms with E-state index in [2.05, 4.69) is 29.8 Å². The fourth-order valence-electron chi connectivity index (χ4n) is 3.01. The van der Waals surface area contributed by atoms with E-state index in [9.17, 15) is 4.79 Å². The average molecular weight is 317 g/mol. The summed E-state index contributed by atoms with van der Waals surface area (Å²) in [5.74, 6) is -0.0485. The predicted octanol–water partition coefficient (Wildman–Crippen LogP) is 4.07. The van der Waals surface area contributed by atoms with Crippen LogP contribution in [0.1, 0.15) is 46.2 Å². The van der Waals surface area contributed by atoms with E-state index >= 15 is 0 Å². The zero-order chi connectivity index (χ0) is 15.7. The van der Waals surface area contributed by atoms with Crippen LogP contribution in [0.15, 0.2) is 30.3 Å². The van der Waals surface area contributed by atoms with E-state index in [1.165, 1.54) is 29.8 Å². The summed E-state index contributed by atoms with van der Waals surface area (Å²) >= 11 is 5.83. The SMILES string of the molecule is Cc1cc(CCNC(=O)c2ccc(Cl)cc2)c(C)n1C1CC1. The van der Waals surface area contributed by atoms with Crippen molar-refractivity contribution >= 4 is 17.5 Å². The number of hydrogen-bond acceptors (Lipinski definition) is 1. The Kier molecular flexibility index (Phi) is 4.25. The minimum Gasteiger partial charge on any atom is -0.352 e. The first-order chi connectivity index (χ1) is 10.6. The highest BCUT2D eigenvalue weighted by Gasteiger charge is 2.26. The minimum absolute atomic E-state index is 0.0485. The Morgan fingerprint density at radius 3 is 2.59 bits per heavy atom. The number of rotatable bonds is 5. The third kappa shape index (κ3) is 3.20. The topological polar surface area (TPSA) is 34.0 Å². The van der Waals surface area contributed by atoms with Gasteiger partial charge in [-0.3, -0.25) is 4.79 Å². The van der Waals surface area contributed by atoms with Gasteiger partial charge in [0.15, 0.2) is 0 Å². The van der Waals surface area contributed by atoms with Crippen molar-refractivity contribution in [2.24, 2.45) is 0 Å². The molecule has 3 nitrogen and oxygen atoms in total. The molecule has 0 spiro atoms. The molecule has 1 aromatic carbocycles. The average Bonchev–Trinajstić information content (AvgIpc) is 3.27. The molecule has 1 saturated carbocycles. The van der Waals surface area contributed by atoms with Crippen LogP contribution in [0, 0.1) is 13.8 Å². The molecule has 1 amide bonds. The zero-order valence-corrected chi connectivity index (χ0v) is 13.8. The lowest BCUT2D eigenvalue weighted by Crippen LogP contribution is -2.25. The van der Waals surface area contributed by atoms with E-state index in [1.807, 2.05) is 0 Å². The van der Waals surface area contributed by atoms with Gasteiger partial charge >= 0.3 is 0 Å². The van der Waals surface area contributed by atoms with Crippen LogP contribution in [-0.4, -0.2) is 17.0 Å². The Labute approximate surface area is 136 Å². The van der Waals surface area contributed by atoms with Gasteiger partial charge in [-0.1, -0.05) is 11.6 Å². The Morgan fingerprint density at radius 1 is 1.27 bits per heavy atom. The van der Waals surface area contributed by atoms with Crippen molar-refractivity contribution in [1.29, 1.82) is 0 Å². The first kappa shape index (κ1) is 15.2. The number of benzene rings is 1. The van der Waals surface area contributed by atoms with Gasteiger partial charge in [0.25, 0.3) is 5.91 Å². The van der Waals surface area contributed by atoms with Gasteiger partial charge in [0.1, 0.15) is 0 Å².